The molecular weight excluding hydrogens is 277 g/mol. The molecule has 3 heteroatoms. The number of carbonyl (C=O) groups is 1. The molecule has 0 saturated carbocycles. The summed E-state index contributed by atoms with van der Waals surface area (Å²) in [6, 6.07) is 0. The molecule has 0 aliphatic rings. The van der Waals surface area contributed by atoms with Gasteiger partial charge in [0.1, 0.15) is 0 Å². The second-order valence-electron chi connectivity index (χ2n) is 0.793. The summed E-state index contributed by atoms with van der Waals surface area (Å²) < 4.78 is 0. The molecule has 0 amide bonds. The van der Waals surface area contributed by atoms with E-state index in [2.05, 4.69) is 10.3 Å². The predicted octanol–water partition coefficient (Wildman–Crippen LogP) is -0.0787. The Morgan fingerprint density at radius 3 is 1.57 bits per heavy atom. The average Bonchev–Trinajstić information content (AvgIpc) is 1.33. The Bertz CT molecular complexity index is 41.0. The summed E-state index contributed by atoms with van der Waals surface area (Å²) in [4.78, 5) is 8.89. The van der Waals surface area contributed by atoms with Crippen molar-refractivity contribution < 1.29 is 29.7 Å². The normalized spacial score (nSPS) is 6.71. The summed E-state index contributed by atoms with van der Waals surface area (Å²) in [6.45, 7) is 0.972. The van der Waals surface area contributed by atoms with Crippen LogP contribution < -0.4 is 5.11 Å². The van der Waals surface area contributed by atoms with Crippen LogP contribution in [0.15, 0.2) is 0 Å². The second-order valence-corrected chi connectivity index (χ2v) is 2.96. The molecule has 0 aliphatic carbocycles. The minimum absolute atomic E-state index is 0.667. The molecule has 0 spiro atoms. The van der Waals surface area contributed by atoms with Crippen LogP contribution in [0.3, 0.4) is 0 Å². The zero-order valence-corrected chi connectivity index (χ0v) is 6.78. The minimum atomic E-state index is -1.08. The van der Waals surface area contributed by atoms with Gasteiger partial charge in [-0.1, -0.05) is 0 Å². The van der Waals surface area contributed by atoms with E-state index < -0.39 is 5.97 Å². The first-order chi connectivity index (χ1) is 3.15. The van der Waals surface area contributed by atoms with Crippen molar-refractivity contribution >= 4 is 5.97 Å². The fraction of sp³-hybridized carbons (Fsp3) is 0.750. The molecule has 7 heavy (non-hydrogen) atoms. The third-order valence-electron chi connectivity index (χ3n) is 0. The predicted molar refractivity (Wildman–Crippen MR) is 22.4 cm³/mol. The SMILES string of the molecule is CC(=O)[O-].[CH3][Au+][CH3]. The number of carboxylic acid groups (broad SMARTS) is 1. The van der Waals surface area contributed by atoms with Crippen LogP contribution in [-0.4, -0.2) is 5.97 Å². The molecule has 0 aromatic heterocycles. The van der Waals surface area contributed by atoms with E-state index in [0.29, 0.717) is 19.8 Å². The first kappa shape index (κ1) is 10.2. The van der Waals surface area contributed by atoms with E-state index >= 15 is 0 Å². The first-order valence-electron chi connectivity index (χ1n) is 1.51. The van der Waals surface area contributed by atoms with Crippen molar-refractivity contribution in [2.45, 2.75) is 17.2 Å². The Labute approximate surface area is 53.2 Å². The summed E-state index contributed by atoms with van der Waals surface area (Å²) >= 11 is 0.667. The van der Waals surface area contributed by atoms with E-state index in [9.17, 15) is 0 Å². The second kappa shape index (κ2) is 9.51. The van der Waals surface area contributed by atoms with Crippen molar-refractivity contribution in [1.29, 1.82) is 0 Å². The number of aliphatic carboxylic acids is 1. The van der Waals surface area contributed by atoms with E-state index in [4.69, 9.17) is 9.90 Å². The summed E-state index contributed by atoms with van der Waals surface area (Å²) in [7, 11) is 0. The fourth-order valence-corrected chi connectivity index (χ4v) is 0. The van der Waals surface area contributed by atoms with Crippen molar-refractivity contribution in [3.63, 3.8) is 0 Å². The van der Waals surface area contributed by atoms with Gasteiger partial charge in [0.2, 0.25) is 0 Å². The fourth-order valence-electron chi connectivity index (χ4n) is 0. The Morgan fingerprint density at radius 2 is 1.57 bits per heavy atom. The van der Waals surface area contributed by atoms with Gasteiger partial charge in [-0.3, -0.25) is 0 Å². The molecule has 0 aliphatic heterocycles. The summed E-state index contributed by atoms with van der Waals surface area (Å²) in [5.74, 6) is -1.08. The first-order valence-corrected chi connectivity index (χ1v) is 5.84. The van der Waals surface area contributed by atoms with E-state index in [1.165, 1.54) is 0 Å². The summed E-state index contributed by atoms with van der Waals surface area (Å²) in [6.07, 6.45) is 0. The van der Waals surface area contributed by atoms with Crippen LogP contribution in [0.2, 0.25) is 10.3 Å². The van der Waals surface area contributed by atoms with Gasteiger partial charge in [0, 0.05) is 5.97 Å². The van der Waals surface area contributed by atoms with Crippen LogP contribution in [-0.2, 0) is 24.5 Å². The molecule has 0 fully saturated rings. The van der Waals surface area contributed by atoms with Gasteiger partial charge in [0.05, 0.1) is 0 Å². The zero-order chi connectivity index (χ0) is 6.28. The molecule has 0 rings (SSSR count). The van der Waals surface area contributed by atoms with Gasteiger partial charge >= 0.3 is 30.0 Å². The van der Waals surface area contributed by atoms with E-state index in [-0.39, 0.29) is 0 Å². The monoisotopic (exact) mass is 286 g/mol. The molecule has 0 saturated heterocycles. The van der Waals surface area contributed by atoms with Gasteiger partial charge in [-0.15, -0.1) is 0 Å². The van der Waals surface area contributed by atoms with Crippen molar-refractivity contribution in [3.05, 3.63) is 0 Å². The number of hydrogen-bond donors (Lipinski definition) is 0. The van der Waals surface area contributed by atoms with Crippen LogP contribution >= 0.6 is 0 Å². The Kier molecular flexibility index (Phi) is 13.9. The molecule has 0 radical (unpaired) electrons. The topological polar surface area (TPSA) is 40.1 Å². The molecular formula is C4H9AuO2. The summed E-state index contributed by atoms with van der Waals surface area (Å²) in [5.41, 5.74) is 0. The molecule has 0 bridgehead atoms. The van der Waals surface area contributed by atoms with Gasteiger partial charge in [-0.05, 0) is 6.92 Å². The van der Waals surface area contributed by atoms with Crippen LogP contribution in [0.1, 0.15) is 6.92 Å². The molecule has 0 N–H and O–H groups in total. The van der Waals surface area contributed by atoms with Crippen molar-refractivity contribution in [2.24, 2.45) is 0 Å². The zero-order valence-electron chi connectivity index (χ0n) is 4.62. The maximum atomic E-state index is 8.89. The third-order valence-corrected chi connectivity index (χ3v) is 0. The van der Waals surface area contributed by atoms with Gasteiger partial charge in [-0.2, -0.15) is 0 Å². The van der Waals surface area contributed by atoms with Gasteiger partial charge in [0.15, 0.2) is 0 Å². The van der Waals surface area contributed by atoms with Crippen LogP contribution in [0, 0.1) is 0 Å². The number of carbonyl (C=O) groups excluding carboxylic acids is 1. The molecule has 0 aromatic carbocycles. The standard InChI is InChI=1S/C2H4O2.2CH3.Au/c1-2(3)4;;;/h1H3,(H,3,4);2*1H3;/q;;;+1/p-1. The Balaban J connectivity index is 0. The quantitative estimate of drug-likeness (QED) is 0.584. The van der Waals surface area contributed by atoms with Crippen LogP contribution in [0.4, 0.5) is 0 Å². The molecule has 0 heterocycles. The maximum absolute atomic E-state index is 8.89. The summed E-state index contributed by atoms with van der Waals surface area (Å²) in [5, 5.41) is 13.3. The van der Waals surface area contributed by atoms with Crippen molar-refractivity contribution in [2.75, 3.05) is 0 Å². The van der Waals surface area contributed by atoms with Crippen molar-refractivity contribution in [3.8, 4) is 0 Å². The van der Waals surface area contributed by atoms with E-state index in [1.807, 2.05) is 0 Å². The van der Waals surface area contributed by atoms with E-state index in [0.717, 1.165) is 6.92 Å². The Morgan fingerprint density at radius 1 is 1.57 bits per heavy atom. The number of rotatable bonds is 0. The number of hydrogen-bond acceptors (Lipinski definition) is 2. The van der Waals surface area contributed by atoms with Gasteiger partial charge in [-0.25, -0.2) is 0 Å². The molecule has 0 atom stereocenters. The van der Waals surface area contributed by atoms with Crippen molar-refractivity contribution in [1.82, 2.24) is 0 Å². The van der Waals surface area contributed by atoms with Gasteiger partial charge < -0.3 is 9.90 Å². The van der Waals surface area contributed by atoms with Crippen LogP contribution in [0.5, 0.6) is 0 Å². The molecule has 0 aromatic rings. The van der Waals surface area contributed by atoms with E-state index in [1.54, 1.807) is 0 Å². The van der Waals surface area contributed by atoms with Crippen LogP contribution in [0.25, 0.3) is 0 Å². The molecule has 2 nitrogen and oxygen atoms in total. The van der Waals surface area contributed by atoms with Gasteiger partial charge in [0.25, 0.3) is 0 Å². The Hall–Kier alpha value is 0.210. The molecule has 0 unspecified atom stereocenters. The average molecular weight is 286 g/mol. The molecule has 48 valence electrons. The number of carboxylic acids is 1. The third kappa shape index (κ3) is 2490.